The molecule has 5 rings (SSSR count). The molecule has 0 aliphatic carbocycles. The average Bonchev–Trinajstić information content (AvgIpc) is 3.10. The summed E-state index contributed by atoms with van der Waals surface area (Å²) in [6, 6.07) is 24.1. The van der Waals surface area contributed by atoms with Gasteiger partial charge in [-0.1, -0.05) is 57.2 Å². The molecule has 154 valence electrons. The average molecular weight is 426 g/mol. The summed E-state index contributed by atoms with van der Waals surface area (Å²) in [5, 5.41) is 2.52. The second-order valence-electron chi connectivity index (χ2n) is 9.32. The van der Waals surface area contributed by atoms with E-state index < -0.39 is 0 Å². The molecule has 0 bridgehead atoms. The summed E-state index contributed by atoms with van der Waals surface area (Å²) in [4.78, 5) is 4.64. The summed E-state index contributed by atoms with van der Waals surface area (Å²) in [6.07, 6.45) is 2.94. The normalized spacial score (nSPS) is 12.0. The van der Waals surface area contributed by atoms with Crippen LogP contribution in [0.4, 0.5) is 4.39 Å². The molecule has 3 aromatic carbocycles. The standard InChI is InChI=1S/C28H24FNS/c1-28(2,3)17-18-12-13-30-25(14-18)21-7-11-24-23-10-6-20(15-26(23)31-27(24)16-21)19-4-8-22(29)9-5-19/h4-16H,17H2,1-3H3. The van der Waals surface area contributed by atoms with Crippen LogP contribution in [0.5, 0.6) is 0 Å². The van der Waals surface area contributed by atoms with Gasteiger partial charge in [-0.15, -0.1) is 11.3 Å². The van der Waals surface area contributed by atoms with Crippen LogP contribution in [0.1, 0.15) is 26.3 Å². The Morgan fingerprint density at radius 3 is 2.03 bits per heavy atom. The molecule has 0 aliphatic heterocycles. The van der Waals surface area contributed by atoms with Gasteiger partial charge in [0.1, 0.15) is 5.82 Å². The number of nitrogens with zero attached hydrogens (tertiary/aromatic N) is 1. The molecule has 3 heteroatoms. The highest BCUT2D eigenvalue weighted by atomic mass is 32.1. The summed E-state index contributed by atoms with van der Waals surface area (Å²) in [6.45, 7) is 6.78. The zero-order chi connectivity index (χ0) is 21.6. The number of hydrogen-bond donors (Lipinski definition) is 0. The Balaban J connectivity index is 1.55. The predicted octanol–water partition coefficient (Wildman–Crippen LogP) is 8.51. The first-order valence-corrected chi connectivity index (χ1v) is 11.3. The summed E-state index contributed by atoms with van der Waals surface area (Å²) < 4.78 is 15.8. The highest BCUT2D eigenvalue weighted by Gasteiger charge is 2.13. The van der Waals surface area contributed by atoms with Crippen molar-refractivity contribution in [3.63, 3.8) is 0 Å². The Morgan fingerprint density at radius 1 is 0.742 bits per heavy atom. The van der Waals surface area contributed by atoms with Gasteiger partial charge in [-0.2, -0.15) is 0 Å². The molecule has 0 N–H and O–H groups in total. The highest BCUT2D eigenvalue weighted by Crippen LogP contribution is 2.38. The van der Waals surface area contributed by atoms with Gasteiger partial charge in [0.15, 0.2) is 0 Å². The molecule has 0 saturated carbocycles. The van der Waals surface area contributed by atoms with Crippen molar-refractivity contribution in [2.75, 3.05) is 0 Å². The SMILES string of the molecule is CC(C)(C)Cc1ccnc(-c2ccc3c(c2)sc2cc(-c4ccc(F)cc4)ccc23)c1. The molecule has 0 fully saturated rings. The number of rotatable bonds is 3. The van der Waals surface area contributed by atoms with E-state index in [1.54, 1.807) is 11.3 Å². The molecular formula is C28H24FNS. The van der Waals surface area contributed by atoms with E-state index in [1.807, 2.05) is 18.3 Å². The van der Waals surface area contributed by atoms with Crippen LogP contribution >= 0.6 is 11.3 Å². The summed E-state index contributed by atoms with van der Waals surface area (Å²) in [5.74, 6) is -0.209. The monoisotopic (exact) mass is 425 g/mol. The number of hydrogen-bond acceptors (Lipinski definition) is 2. The molecule has 0 spiro atoms. The first-order valence-electron chi connectivity index (χ1n) is 10.5. The maximum absolute atomic E-state index is 13.3. The molecular weight excluding hydrogens is 401 g/mol. The van der Waals surface area contributed by atoms with Crippen LogP contribution in [-0.4, -0.2) is 4.98 Å². The number of benzene rings is 3. The molecule has 0 atom stereocenters. The molecule has 0 saturated heterocycles. The zero-order valence-electron chi connectivity index (χ0n) is 17.9. The number of thiophene rings is 1. The number of pyridine rings is 1. The van der Waals surface area contributed by atoms with E-state index in [1.165, 1.54) is 37.9 Å². The van der Waals surface area contributed by atoms with E-state index in [2.05, 4.69) is 74.3 Å². The summed E-state index contributed by atoms with van der Waals surface area (Å²) in [5.41, 5.74) is 5.87. The largest absolute Gasteiger partial charge is 0.256 e. The Kier molecular flexibility index (Phi) is 4.86. The minimum atomic E-state index is -0.209. The second kappa shape index (κ2) is 7.58. The van der Waals surface area contributed by atoms with E-state index in [-0.39, 0.29) is 11.2 Å². The lowest BCUT2D eigenvalue weighted by atomic mass is 9.88. The predicted molar refractivity (Wildman–Crippen MR) is 131 cm³/mol. The van der Waals surface area contributed by atoms with Crippen molar-refractivity contribution in [2.45, 2.75) is 27.2 Å². The van der Waals surface area contributed by atoms with E-state index in [9.17, 15) is 4.39 Å². The van der Waals surface area contributed by atoms with Gasteiger partial charge in [0.05, 0.1) is 5.69 Å². The van der Waals surface area contributed by atoms with Crippen LogP contribution in [0.3, 0.4) is 0 Å². The molecule has 0 radical (unpaired) electrons. The van der Waals surface area contributed by atoms with Crippen molar-refractivity contribution < 1.29 is 4.39 Å². The van der Waals surface area contributed by atoms with Crippen LogP contribution in [0.25, 0.3) is 42.6 Å². The smallest absolute Gasteiger partial charge is 0.123 e. The van der Waals surface area contributed by atoms with Gasteiger partial charge in [-0.05, 0) is 64.9 Å². The van der Waals surface area contributed by atoms with Crippen LogP contribution in [-0.2, 0) is 6.42 Å². The fourth-order valence-electron chi connectivity index (χ4n) is 4.11. The third kappa shape index (κ3) is 4.11. The minimum Gasteiger partial charge on any atom is -0.256 e. The zero-order valence-corrected chi connectivity index (χ0v) is 18.8. The first kappa shape index (κ1) is 19.9. The lowest BCUT2D eigenvalue weighted by Gasteiger charge is -2.18. The van der Waals surface area contributed by atoms with Crippen LogP contribution < -0.4 is 0 Å². The van der Waals surface area contributed by atoms with Crippen molar-refractivity contribution in [3.8, 4) is 22.4 Å². The van der Waals surface area contributed by atoms with E-state index in [4.69, 9.17) is 0 Å². The molecule has 0 amide bonds. The van der Waals surface area contributed by atoms with Gasteiger partial charge < -0.3 is 0 Å². The third-order valence-electron chi connectivity index (χ3n) is 5.51. The minimum absolute atomic E-state index is 0.209. The Morgan fingerprint density at radius 2 is 1.35 bits per heavy atom. The number of aromatic nitrogens is 1. The lowest BCUT2D eigenvalue weighted by molar-refractivity contribution is 0.411. The first-order chi connectivity index (χ1) is 14.9. The van der Waals surface area contributed by atoms with Crippen molar-refractivity contribution >= 4 is 31.5 Å². The topological polar surface area (TPSA) is 12.9 Å². The molecule has 0 aliphatic rings. The van der Waals surface area contributed by atoms with Gasteiger partial charge in [0.2, 0.25) is 0 Å². The van der Waals surface area contributed by atoms with Gasteiger partial charge in [0.25, 0.3) is 0 Å². The third-order valence-corrected chi connectivity index (χ3v) is 6.62. The fourth-order valence-corrected chi connectivity index (χ4v) is 5.30. The Hall–Kier alpha value is -3.04. The van der Waals surface area contributed by atoms with E-state index in [0.717, 1.165) is 28.8 Å². The number of halogens is 1. The maximum atomic E-state index is 13.3. The lowest BCUT2D eigenvalue weighted by Crippen LogP contribution is -2.09. The van der Waals surface area contributed by atoms with Crippen molar-refractivity contribution in [1.29, 1.82) is 0 Å². The summed E-state index contributed by atoms with van der Waals surface area (Å²) in [7, 11) is 0. The van der Waals surface area contributed by atoms with Crippen molar-refractivity contribution in [2.24, 2.45) is 5.41 Å². The Bertz CT molecular complexity index is 1390. The summed E-state index contributed by atoms with van der Waals surface area (Å²) >= 11 is 1.79. The Labute approximate surface area is 186 Å². The van der Waals surface area contributed by atoms with E-state index >= 15 is 0 Å². The van der Waals surface area contributed by atoms with Gasteiger partial charge in [0, 0.05) is 31.9 Å². The molecule has 0 unspecified atom stereocenters. The second-order valence-corrected chi connectivity index (χ2v) is 10.4. The van der Waals surface area contributed by atoms with Gasteiger partial charge in [-0.3, -0.25) is 4.98 Å². The van der Waals surface area contributed by atoms with Gasteiger partial charge >= 0.3 is 0 Å². The highest BCUT2D eigenvalue weighted by molar-refractivity contribution is 7.25. The quantitative estimate of drug-likeness (QED) is 0.282. The van der Waals surface area contributed by atoms with Crippen LogP contribution in [0.15, 0.2) is 79.0 Å². The molecule has 5 aromatic rings. The molecule has 31 heavy (non-hydrogen) atoms. The van der Waals surface area contributed by atoms with Crippen LogP contribution in [0.2, 0.25) is 0 Å². The molecule has 2 heterocycles. The van der Waals surface area contributed by atoms with Crippen LogP contribution in [0, 0.1) is 11.2 Å². The van der Waals surface area contributed by atoms with Gasteiger partial charge in [-0.25, -0.2) is 4.39 Å². The van der Waals surface area contributed by atoms with Crippen molar-refractivity contribution in [3.05, 3.63) is 90.4 Å². The molecule has 1 nitrogen and oxygen atoms in total. The molecule has 2 aromatic heterocycles. The number of fused-ring (bicyclic) bond motifs is 3. The van der Waals surface area contributed by atoms with Crippen molar-refractivity contribution in [1.82, 2.24) is 4.98 Å². The van der Waals surface area contributed by atoms with E-state index in [0.29, 0.717) is 0 Å². The fraction of sp³-hybridized carbons (Fsp3) is 0.179. The maximum Gasteiger partial charge on any atom is 0.123 e.